The third kappa shape index (κ3) is 6.60. The normalized spacial score (nSPS) is 13.1. The Morgan fingerprint density at radius 1 is 0.550 bits per heavy atom. The van der Waals surface area contributed by atoms with E-state index < -0.39 is 10.1 Å². The van der Waals surface area contributed by atoms with E-state index in [0.29, 0.717) is 59.1 Å². The summed E-state index contributed by atoms with van der Waals surface area (Å²) in [4.78, 5) is 29.0. The van der Waals surface area contributed by atoms with Gasteiger partial charge in [0, 0.05) is 22.3 Å². The molecule has 0 spiro atoms. The van der Waals surface area contributed by atoms with Crippen molar-refractivity contribution in [3.63, 3.8) is 0 Å². The maximum atomic E-state index is 14.7. The minimum absolute atomic E-state index is 0.116. The lowest BCUT2D eigenvalue weighted by molar-refractivity contribution is 0.0976. The summed E-state index contributed by atoms with van der Waals surface area (Å²) in [6.07, 6.45) is 11.5. The molecule has 2 aromatic carbocycles. The largest absolute Gasteiger partial charge is 0.295 e. The first-order valence-corrected chi connectivity index (χ1v) is 17.0. The molecule has 0 bridgehead atoms. The monoisotopic (exact) mass is 568 g/mol. The molecule has 1 N–H and O–H groups in total. The Hall–Kier alpha value is -2.31. The van der Waals surface area contributed by atoms with Crippen molar-refractivity contribution < 1.29 is 22.6 Å². The topological polar surface area (TPSA) is 88.5 Å². The molecule has 0 saturated heterocycles. The molecule has 0 unspecified atom stereocenters. The summed E-state index contributed by atoms with van der Waals surface area (Å²) in [6.45, 7) is 10.4. The van der Waals surface area contributed by atoms with Crippen molar-refractivity contribution in [3.8, 4) is 0 Å². The van der Waals surface area contributed by atoms with Crippen LogP contribution in [0.15, 0.2) is 17.0 Å². The molecule has 0 atom stereocenters. The van der Waals surface area contributed by atoms with Gasteiger partial charge in [0.25, 0.3) is 10.1 Å². The first kappa shape index (κ1) is 32.2. The van der Waals surface area contributed by atoms with Crippen molar-refractivity contribution in [2.45, 2.75) is 136 Å². The van der Waals surface area contributed by atoms with Crippen LogP contribution in [-0.2, 0) is 42.2 Å². The summed E-state index contributed by atoms with van der Waals surface area (Å²) >= 11 is 0. The van der Waals surface area contributed by atoms with Gasteiger partial charge in [-0.1, -0.05) is 72.8 Å². The van der Waals surface area contributed by atoms with E-state index in [4.69, 9.17) is 0 Å². The standard InChI is InChI=1S/C34H48O5S/c1-6-11-16-23-21-22-27-29(24(23)17-12-7-2)33(36)30-25(18-13-8-3)26(19-14-9-4)34(40(37,38)39)28(20-15-10-5)31(30)32(27)35/h21-22H,6-20H2,1-5H3,(H,37,38,39). The Bertz CT molecular complexity index is 1340. The van der Waals surface area contributed by atoms with E-state index in [1.54, 1.807) is 6.07 Å². The van der Waals surface area contributed by atoms with Crippen LogP contribution in [0.3, 0.4) is 0 Å². The predicted octanol–water partition coefficient (Wildman–Crippen LogP) is 8.42. The lowest BCUT2D eigenvalue weighted by Crippen LogP contribution is -2.29. The van der Waals surface area contributed by atoms with E-state index in [9.17, 15) is 22.6 Å². The van der Waals surface area contributed by atoms with Crippen LogP contribution in [0.25, 0.3) is 0 Å². The molecule has 0 saturated carbocycles. The highest BCUT2D eigenvalue weighted by molar-refractivity contribution is 7.86. The van der Waals surface area contributed by atoms with Gasteiger partial charge in [-0.05, 0) is 98.1 Å². The van der Waals surface area contributed by atoms with Crippen LogP contribution in [0.5, 0.6) is 0 Å². The Labute approximate surface area is 241 Å². The van der Waals surface area contributed by atoms with Crippen LogP contribution in [0.2, 0.25) is 0 Å². The molecule has 1 aliphatic rings. The Morgan fingerprint density at radius 3 is 1.52 bits per heavy atom. The zero-order valence-corrected chi connectivity index (χ0v) is 26.1. The fraction of sp³-hybridized carbons (Fsp3) is 0.588. The molecule has 0 radical (unpaired) electrons. The van der Waals surface area contributed by atoms with Gasteiger partial charge in [-0.3, -0.25) is 14.1 Å². The van der Waals surface area contributed by atoms with Crippen molar-refractivity contribution in [1.82, 2.24) is 0 Å². The van der Waals surface area contributed by atoms with Crippen molar-refractivity contribution in [1.29, 1.82) is 0 Å². The van der Waals surface area contributed by atoms with Crippen LogP contribution >= 0.6 is 0 Å². The first-order valence-electron chi connectivity index (χ1n) is 15.6. The van der Waals surface area contributed by atoms with E-state index >= 15 is 0 Å². The Balaban J connectivity index is 2.48. The van der Waals surface area contributed by atoms with Crippen molar-refractivity contribution in [3.05, 3.63) is 62.2 Å². The third-order valence-corrected chi connectivity index (χ3v) is 9.29. The lowest BCUT2D eigenvalue weighted by atomic mass is 9.73. The van der Waals surface area contributed by atoms with Gasteiger partial charge in [-0.15, -0.1) is 0 Å². The number of carbonyl (C=O) groups excluding carboxylic acids is 2. The predicted molar refractivity (Wildman–Crippen MR) is 163 cm³/mol. The molecule has 5 nitrogen and oxygen atoms in total. The number of fused-ring (bicyclic) bond motifs is 2. The van der Waals surface area contributed by atoms with Crippen molar-refractivity contribution in [2.75, 3.05) is 0 Å². The van der Waals surface area contributed by atoms with Gasteiger partial charge in [0.15, 0.2) is 11.6 Å². The molecule has 6 heteroatoms. The van der Waals surface area contributed by atoms with E-state index in [1.165, 1.54) is 0 Å². The zero-order valence-electron chi connectivity index (χ0n) is 25.2. The molecule has 3 rings (SSSR count). The lowest BCUT2D eigenvalue weighted by Gasteiger charge is -2.29. The minimum Gasteiger partial charge on any atom is -0.289 e. The second-order valence-electron chi connectivity index (χ2n) is 11.3. The number of unbranched alkanes of at least 4 members (excludes halogenated alkanes) is 5. The highest BCUT2D eigenvalue weighted by Gasteiger charge is 2.40. The number of ketones is 2. The highest BCUT2D eigenvalue weighted by Crippen LogP contribution is 2.42. The van der Waals surface area contributed by atoms with Crippen molar-refractivity contribution in [2.24, 2.45) is 0 Å². The van der Waals surface area contributed by atoms with Crippen LogP contribution in [0.4, 0.5) is 0 Å². The molecule has 2 aromatic rings. The van der Waals surface area contributed by atoms with Gasteiger partial charge in [0.1, 0.15) is 4.90 Å². The number of aryl methyl sites for hydroxylation is 1. The second kappa shape index (κ2) is 14.5. The van der Waals surface area contributed by atoms with Crippen LogP contribution in [0, 0.1) is 0 Å². The van der Waals surface area contributed by atoms with Crippen LogP contribution < -0.4 is 0 Å². The summed E-state index contributed by atoms with van der Waals surface area (Å²) in [6, 6.07) is 3.78. The van der Waals surface area contributed by atoms with E-state index in [2.05, 4.69) is 20.8 Å². The summed E-state index contributed by atoms with van der Waals surface area (Å²) in [5.41, 5.74) is 5.19. The van der Waals surface area contributed by atoms with Gasteiger partial charge in [0.2, 0.25) is 0 Å². The quantitative estimate of drug-likeness (QED) is 0.175. The SMILES string of the molecule is CCCCc1ccc2c(c1CCCC)C(=O)c1c(CCCC)c(CCCC)c(S(=O)(=O)O)c(CCCC)c1C2=O. The number of hydrogen-bond donors (Lipinski definition) is 1. The molecule has 0 aliphatic heterocycles. The van der Waals surface area contributed by atoms with Crippen molar-refractivity contribution >= 4 is 21.7 Å². The van der Waals surface area contributed by atoms with Crippen LogP contribution in [-0.4, -0.2) is 24.5 Å². The summed E-state index contributed by atoms with van der Waals surface area (Å²) in [5.74, 6) is -0.419. The Morgan fingerprint density at radius 2 is 1.00 bits per heavy atom. The third-order valence-electron chi connectivity index (χ3n) is 8.28. The molecule has 1 aliphatic carbocycles. The van der Waals surface area contributed by atoms with Gasteiger partial charge in [-0.25, -0.2) is 0 Å². The molecule has 0 heterocycles. The van der Waals surface area contributed by atoms with Gasteiger partial charge in [0.05, 0.1) is 0 Å². The molecule has 0 fully saturated rings. The first-order chi connectivity index (χ1) is 19.2. The van der Waals surface area contributed by atoms with E-state index in [-0.39, 0.29) is 22.0 Å². The second-order valence-corrected chi connectivity index (χ2v) is 12.7. The maximum absolute atomic E-state index is 14.7. The molecule has 220 valence electrons. The number of rotatable bonds is 16. The highest BCUT2D eigenvalue weighted by atomic mass is 32.2. The Kier molecular flexibility index (Phi) is 11.7. The molecular weight excluding hydrogens is 520 g/mol. The average Bonchev–Trinajstić information content (AvgIpc) is 2.93. The van der Waals surface area contributed by atoms with Gasteiger partial charge in [-0.2, -0.15) is 8.42 Å². The molecule has 0 amide bonds. The zero-order chi connectivity index (χ0) is 29.4. The smallest absolute Gasteiger partial charge is 0.289 e. The maximum Gasteiger partial charge on any atom is 0.295 e. The van der Waals surface area contributed by atoms with Gasteiger partial charge >= 0.3 is 0 Å². The van der Waals surface area contributed by atoms with Gasteiger partial charge < -0.3 is 0 Å². The number of carbonyl (C=O) groups is 2. The van der Waals surface area contributed by atoms with E-state index in [1.807, 2.05) is 19.9 Å². The van der Waals surface area contributed by atoms with Crippen LogP contribution in [0.1, 0.15) is 158 Å². The summed E-state index contributed by atoms with van der Waals surface area (Å²) in [5, 5.41) is 0. The number of hydrogen-bond acceptors (Lipinski definition) is 4. The fourth-order valence-corrected chi connectivity index (χ4v) is 7.23. The molecule has 0 aromatic heterocycles. The molecule has 40 heavy (non-hydrogen) atoms. The minimum atomic E-state index is -4.62. The molecular formula is C34H48O5S. The summed E-state index contributed by atoms with van der Waals surface area (Å²) in [7, 11) is -4.62. The average molecular weight is 569 g/mol. The number of benzene rings is 2. The summed E-state index contributed by atoms with van der Waals surface area (Å²) < 4.78 is 36.6. The van der Waals surface area contributed by atoms with E-state index in [0.717, 1.165) is 81.8 Å². The fourth-order valence-electron chi connectivity index (χ4n) is 6.18.